The molecule has 0 bridgehead atoms. The largest absolute Gasteiger partial charge is 0.309 e. The van der Waals surface area contributed by atoms with Crippen LogP contribution in [0.15, 0.2) is 24.3 Å². The smallest absolute Gasteiger partial charge is 0.0451 e. The number of likely N-dealkylation sites (N-methyl/N-ethyl adjacent to an activating group) is 1. The summed E-state index contributed by atoms with van der Waals surface area (Å²) in [6, 6.07) is 10.1. The van der Waals surface area contributed by atoms with Crippen LogP contribution in [0.5, 0.6) is 0 Å². The van der Waals surface area contributed by atoms with Gasteiger partial charge in [0.1, 0.15) is 0 Å². The molecule has 2 atom stereocenters. The summed E-state index contributed by atoms with van der Waals surface area (Å²) in [7, 11) is 0. The molecule has 1 aliphatic rings. The van der Waals surface area contributed by atoms with Crippen LogP contribution in [0.3, 0.4) is 0 Å². The molecule has 1 aliphatic heterocycles. The van der Waals surface area contributed by atoms with E-state index >= 15 is 0 Å². The maximum absolute atomic E-state index is 3.71. The van der Waals surface area contributed by atoms with Gasteiger partial charge in [-0.15, -0.1) is 0 Å². The summed E-state index contributed by atoms with van der Waals surface area (Å²) in [5.41, 5.74) is 2.88. The Hall–Kier alpha value is -0.860. The normalized spacial score (nSPS) is 21.4. The number of aryl methyl sites for hydroxylation is 1. The molecule has 0 aromatic heterocycles. The Bertz CT molecular complexity index is 414. The maximum atomic E-state index is 3.71. The van der Waals surface area contributed by atoms with E-state index in [1.165, 1.54) is 49.8 Å². The quantitative estimate of drug-likeness (QED) is 0.804. The SMILES string of the molecule is CCCC1CCCCN1CC(NCC)c1ccccc1C. The number of likely N-dealkylation sites (tertiary alicyclic amines) is 1. The highest BCUT2D eigenvalue weighted by atomic mass is 15.2. The van der Waals surface area contributed by atoms with Gasteiger partial charge in [-0.1, -0.05) is 51.0 Å². The van der Waals surface area contributed by atoms with Gasteiger partial charge in [0, 0.05) is 18.6 Å². The monoisotopic (exact) mass is 288 g/mol. The van der Waals surface area contributed by atoms with Crippen LogP contribution >= 0.6 is 0 Å². The molecule has 1 aromatic carbocycles. The van der Waals surface area contributed by atoms with E-state index in [2.05, 4.69) is 55.3 Å². The minimum atomic E-state index is 0.466. The van der Waals surface area contributed by atoms with Gasteiger partial charge in [-0.05, 0) is 50.4 Å². The molecule has 0 radical (unpaired) electrons. The number of hydrogen-bond acceptors (Lipinski definition) is 2. The molecule has 118 valence electrons. The first-order chi connectivity index (χ1) is 10.3. The van der Waals surface area contributed by atoms with Gasteiger partial charge in [0.2, 0.25) is 0 Å². The Kier molecular flexibility index (Phi) is 6.72. The number of nitrogens with one attached hydrogen (secondary N) is 1. The van der Waals surface area contributed by atoms with Gasteiger partial charge in [-0.3, -0.25) is 4.90 Å². The van der Waals surface area contributed by atoms with Crippen molar-refractivity contribution in [2.75, 3.05) is 19.6 Å². The second-order valence-corrected chi connectivity index (χ2v) is 6.40. The van der Waals surface area contributed by atoms with E-state index in [0.717, 1.165) is 19.1 Å². The highest BCUT2D eigenvalue weighted by Crippen LogP contribution is 2.25. The summed E-state index contributed by atoms with van der Waals surface area (Å²) in [6.45, 7) is 10.2. The van der Waals surface area contributed by atoms with Crippen molar-refractivity contribution in [3.05, 3.63) is 35.4 Å². The summed E-state index contributed by atoms with van der Waals surface area (Å²) >= 11 is 0. The van der Waals surface area contributed by atoms with Crippen molar-refractivity contribution >= 4 is 0 Å². The second kappa shape index (κ2) is 8.55. The third kappa shape index (κ3) is 4.55. The van der Waals surface area contributed by atoms with E-state index in [1.54, 1.807) is 0 Å². The Labute approximate surface area is 130 Å². The van der Waals surface area contributed by atoms with Crippen molar-refractivity contribution in [2.24, 2.45) is 0 Å². The molecule has 1 N–H and O–H groups in total. The highest BCUT2D eigenvalue weighted by molar-refractivity contribution is 5.29. The highest BCUT2D eigenvalue weighted by Gasteiger charge is 2.25. The number of rotatable bonds is 7. The molecule has 0 saturated carbocycles. The Balaban J connectivity index is 2.09. The van der Waals surface area contributed by atoms with Crippen LogP contribution in [-0.2, 0) is 0 Å². The third-order valence-electron chi connectivity index (χ3n) is 4.80. The van der Waals surface area contributed by atoms with Crippen LogP contribution in [0.1, 0.15) is 63.1 Å². The van der Waals surface area contributed by atoms with E-state index in [1.807, 2.05) is 0 Å². The number of nitrogens with zero attached hydrogens (tertiary/aromatic N) is 1. The van der Waals surface area contributed by atoms with Gasteiger partial charge in [-0.25, -0.2) is 0 Å². The van der Waals surface area contributed by atoms with E-state index < -0.39 is 0 Å². The van der Waals surface area contributed by atoms with Gasteiger partial charge in [0.05, 0.1) is 0 Å². The molecule has 2 rings (SSSR count). The molecular formula is C19H32N2. The lowest BCUT2D eigenvalue weighted by Gasteiger charge is -2.38. The lowest BCUT2D eigenvalue weighted by Crippen LogP contribution is -2.44. The number of hydrogen-bond donors (Lipinski definition) is 1. The first-order valence-electron chi connectivity index (χ1n) is 8.79. The topological polar surface area (TPSA) is 15.3 Å². The van der Waals surface area contributed by atoms with E-state index in [0.29, 0.717) is 6.04 Å². The Morgan fingerprint density at radius 3 is 2.76 bits per heavy atom. The van der Waals surface area contributed by atoms with Gasteiger partial charge >= 0.3 is 0 Å². The zero-order chi connectivity index (χ0) is 15.1. The van der Waals surface area contributed by atoms with Crippen LogP contribution in [0.4, 0.5) is 0 Å². The van der Waals surface area contributed by atoms with Crippen molar-refractivity contribution < 1.29 is 0 Å². The second-order valence-electron chi connectivity index (χ2n) is 6.40. The lowest BCUT2D eigenvalue weighted by atomic mass is 9.95. The van der Waals surface area contributed by atoms with Gasteiger partial charge in [0.15, 0.2) is 0 Å². The van der Waals surface area contributed by atoms with Gasteiger partial charge in [0.25, 0.3) is 0 Å². The first-order valence-corrected chi connectivity index (χ1v) is 8.79. The average molecular weight is 288 g/mol. The molecule has 21 heavy (non-hydrogen) atoms. The Morgan fingerprint density at radius 1 is 1.24 bits per heavy atom. The van der Waals surface area contributed by atoms with E-state index in [-0.39, 0.29) is 0 Å². The van der Waals surface area contributed by atoms with Gasteiger partial charge in [-0.2, -0.15) is 0 Å². The fourth-order valence-corrected chi connectivity index (χ4v) is 3.69. The van der Waals surface area contributed by atoms with Crippen molar-refractivity contribution in [1.82, 2.24) is 10.2 Å². The fourth-order valence-electron chi connectivity index (χ4n) is 3.69. The number of piperidine rings is 1. The van der Waals surface area contributed by atoms with Gasteiger partial charge < -0.3 is 5.32 Å². The summed E-state index contributed by atoms with van der Waals surface area (Å²) < 4.78 is 0. The molecule has 2 unspecified atom stereocenters. The molecular weight excluding hydrogens is 256 g/mol. The summed E-state index contributed by atoms with van der Waals surface area (Å²) in [5.74, 6) is 0. The number of benzene rings is 1. The molecule has 1 heterocycles. The summed E-state index contributed by atoms with van der Waals surface area (Å²) in [4.78, 5) is 2.74. The molecule has 1 fully saturated rings. The average Bonchev–Trinajstić information content (AvgIpc) is 2.49. The third-order valence-corrected chi connectivity index (χ3v) is 4.80. The van der Waals surface area contributed by atoms with Crippen LogP contribution in [-0.4, -0.2) is 30.6 Å². The lowest BCUT2D eigenvalue weighted by molar-refractivity contribution is 0.125. The molecule has 2 nitrogen and oxygen atoms in total. The van der Waals surface area contributed by atoms with E-state index in [9.17, 15) is 0 Å². The molecule has 0 aliphatic carbocycles. The van der Waals surface area contributed by atoms with Crippen LogP contribution in [0.25, 0.3) is 0 Å². The van der Waals surface area contributed by atoms with E-state index in [4.69, 9.17) is 0 Å². The summed E-state index contributed by atoms with van der Waals surface area (Å²) in [6.07, 6.45) is 6.83. The molecule has 1 aromatic rings. The van der Waals surface area contributed by atoms with Crippen LogP contribution < -0.4 is 5.32 Å². The maximum Gasteiger partial charge on any atom is 0.0451 e. The minimum absolute atomic E-state index is 0.466. The molecule has 2 heteroatoms. The molecule has 1 saturated heterocycles. The Morgan fingerprint density at radius 2 is 2.05 bits per heavy atom. The predicted molar refractivity (Wildman–Crippen MR) is 91.7 cm³/mol. The summed E-state index contributed by atoms with van der Waals surface area (Å²) in [5, 5.41) is 3.71. The zero-order valence-electron chi connectivity index (χ0n) is 14.1. The predicted octanol–water partition coefficient (Wildman–Crippen LogP) is 4.30. The van der Waals surface area contributed by atoms with Crippen molar-refractivity contribution in [3.63, 3.8) is 0 Å². The van der Waals surface area contributed by atoms with Crippen LogP contribution in [0, 0.1) is 6.92 Å². The molecule has 0 amide bonds. The minimum Gasteiger partial charge on any atom is -0.309 e. The first kappa shape index (κ1) is 16.5. The fraction of sp³-hybridized carbons (Fsp3) is 0.684. The standard InChI is InChI=1S/C19H32N2/c1-4-10-17-12-8-9-14-21(17)15-19(20-5-2)18-13-7-6-11-16(18)3/h6-7,11,13,17,19-20H,4-5,8-10,12,14-15H2,1-3H3. The van der Waals surface area contributed by atoms with Crippen LogP contribution in [0.2, 0.25) is 0 Å². The van der Waals surface area contributed by atoms with Crippen molar-refractivity contribution in [3.8, 4) is 0 Å². The zero-order valence-corrected chi connectivity index (χ0v) is 14.1. The molecule has 0 spiro atoms. The van der Waals surface area contributed by atoms with Crippen molar-refractivity contribution in [2.45, 2.75) is 65.0 Å². The van der Waals surface area contributed by atoms with Crippen molar-refractivity contribution in [1.29, 1.82) is 0 Å².